The van der Waals surface area contributed by atoms with Crippen LogP contribution in [0.5, 0.6) is 0 Å². The van der Waals surface area contributed by atoms with Gasteiger partial charge in [-0.15, -0.1) is 0 Å². The van der Waals surface area contributed by atoms with Gasteiger partial charge in [-0.1, -0.05) is 30.4 Å². The van der Waals surface area contributed by atoms with E-state index in [-0.39, 0.29) is 58.5 Å². The number of rotatable bonds is 9. The molecule has 154 valence electrons. The second-order valence-electron chi connectivity index (χ2n) is 7.45. The predicted molar refractivity (Wildman–Crippen MR) is 112 cm³/mol. The molecule has 8 heteroatoms. The van der Waals surface area contributed by atoms with Crippen LogP contribution >= 0.6 is 0 Å². The summed E-state index contributed by atoms with van der Waals surface area (Å²) in [5.41, 5.74) is 0. The van der Waals surface area contributed by atoms with Crippen LogP contribution in [0.2, 0.25) is 0 Å². The second kappa shape index (κ2) is 11.7. The summed E-state index contributed by atoms with van der Waals surface area (Å²) in [6.07, 6.45) is 10.00. The SMILES string of the molecule is O.O=C(O)CCC/C=C\C[C@H]1[C@@H]2CC[C@@H](C2)[C@@H]1NS(=O)(=O)c1ccccc1.[Ca+2].[H-].[H-]. The Hall–Kier alpha value is -0.440. The summed E-state index contributed by atoms with van der Waals surface area (Å²) in [7, 11) is -3.49. The molecule has 2 aliphatic carbocycles. The fourth-order valence-corrected chi connectivity index (χ4v) is 5.90. The van der Waals surface area contributed by atoms with Gasteiger partial charge in [0.2, 0.25) is 10.0 Å². The normalized spacial score (nSPS) is 26.0. The van der Waals surface area contributed by atoms with E-state index in [4.69, 9.17) is 5.11 Å². The van der Waals surface area contributed by atoms with Crippen LogP contribution in [0.25, 0.3) is 0 Å². The van der Waals surface area contributed by atoms with Gasteiger partial charge in [-0.3, -0.25) is 4.79 Å². The number of unbranched alkanes of at least 4 members (excludes halogenated alkanes) is 1. The summed E-state index contributed by atoms with van der Waals surface area (Å²) in [6.45, 7) is 0. The van der Waals surface area contributed by atoms with Crippen LogP contribution in [0.4, 0.5) is 0 Å². The fraction of sp³-hybridized carbons (Fsp3) is 0.550. The minimum atomic E-state index is -3.49. The zero-order valence-corrected chi connectivity index (χ0v) is 19.1. The molecule has 0 radical (unpaired) electrons. The Morgan fingerprint density at radius 1 is 1.18 bits per heavy atom. The number of aliphatic carboxylic acids is 1. The number of nitrogens with one attached hydrogen (secondary N) is 1. The van der Waals surface area contributed by atoms with Crippen molar-refractivity contribution < 1.29 is 26.6 Å². The van der Waals surface area contributed by atoms with Crippen molar-refractivity contribution in [3.05, 3.63) is 42.5 Å². The third kappa shape index (κ3) is 6.54. The van der Waals surface area contributed by atoms with E-state index in [0.717, 1.165) is 25.7 Å². The molecule has 0 heterocycles. The molecule has 0 aromatic heterocycles. The van der Waals surface area contributed by atoms with Gasteiger partial charge < -0.3 is 13.4 Å². The summed E-state index contributed by atoms with van der Waals surface area (Å²) in [6, 6.07) is 8.57. The number of carboxylic acid groups (broad SMARTS) is 1. The summed E-state index contributed by atoms with van der Waals surface area (Å²) >= 11 is 0. The summed E-state index contributed by atoms with van der Waals surface area (Å²) < 4.78 is 28.4. The number of carboxylic acids is 1. The third-order valence-corrected chi connectivity index (χ3v) is 7.24. The van der Waals surface area contributed by atoms with Crippen molar-refractivity contribution in [1.29, 1.82) is 0 Å². The Kier molecular flexibility index (Phi) is 10.7. The van der Waals surface area contributed by atoms with Crippen LogP contribution in [0.3, 0.4) is 0 Å². The molecular formula is C20H31CaNO5S. The fourth-order valence-electron chi connectivity index (χ4n) is 4.52. The van der Waals surface area contributed by atoms with Gasteiger partial charge in [0.1, 0.15) is 0 Å². The number of sulfonamides is 1. The Morgan fingerprint density at radius 2 is 1.86 bits per heavy atom. The van der Waals surface area contributed by atoms with Crippen LogP contribution in [0, 0.1) is 17.8 Å². The third-order valence-electron chi connectivity index (χ3n) is 5.77. The molecule has 0 spiro atoms. The van der Waals surface area contributed by atoms with Crippen molar-refractivity contribution in [2.24, 2.45) is 17.8 Å². The monoisotopic (exact) mass is 437 g/mol. The van der Waals surface area contributed by atoms with E-state index in [9.17, 15) is 13.2 Å². The molecule has 3 rings (SSSR count). The topological polar surface area (TPSA) is 115 Å². The van der Waals surface area contributed by atoms with Gasteiger partial charge in [0.15, 0.2) is 0 Å². The Labute approximate surface area is 200 Å². The van der Waals surface area contributed by atoms with Crippen LogP contribution in [0.1, 0.15) is 47.8 Å². The van der Waals surface area contributed by atoms with Crippen molar-refractivity contribution in [3.8, 4) is 0 Å². The van der Waals surface area contributed by atoms with Crippen molar-refractivity contribution in [2.45, 2.75) is 55.9 Å². The van der Waals surface area contributed by atoms with E-state index >= 15 is 0 Å². The first-order valence-electron chi connectivity index (χ1n) is 9.41. The molecule has 2 bridgehead atoms. The molecule has 0 saturated heterocycles. The van der Waals surface area contributed by atoms with Crippen LogP contribution in [-0.2, 0) is 14.8 Å². The number of allylic oxidation sites excluding steroid dienone is 2. The van der Waals surface area contributed by atoms with Crippen molar-refractivity contribution in [2.75, 3.05) is 0 Å². The molecule has 28 heavy (non-hydrogen) atoms. The average Bonchev–Trinajstić information content (AvgIpc) is 3.20. The first kappa shape index (κ1) is 25.6. The molecule has 4 N–H and O–H groups in total. The zero-order valence-electron chi connectivity index (χ0n) is 18.1. The molecule has 2 aliphatic rings. The van der Waals surface area contributed by atoms with Gasteiger partial charge >= 0.3 is 43.7 Å². The van der Waals surface area contributed by atoms with Crippen LogP contribution in [0.15, 0.2) is 47.4 Å². The van der Waals surface area contributed by atoms with Crippen molar-refractivity contribution >= 4 is 53.7 Å². The maximum Gasteiger partial charge on any atom is 2.00 e. The molecule has 0 unspecified atom stereocenters. The molecule has 6 nitrogen and oxygen atoms in total. The first-order valence-corrected chi connectivity index (χ1v) is 10.9. The first-order chi connectivity index (χ1) is 12.5. The van der Waals surface area contributed by atoms with Crippen molar-refractivity contribution in [3.63, 3.8) is 0 Å². The van der Waals surface area contributed by atoms with Gasteiger partial charge in [0, 0.05) is 12.5 Å². The number of carbonyl (C=O) groups is 1. The average molecular weight is 438 g/mol. The smallest absolute Gasteiger partial charge is 1.00 e. The maximum atomic E-state index is 12.7. The standard InChI is InChI=1S/C20H27NO4S.Ca.H2O.2H/c22-19(23)11-7-2-1-6-10-18-15-12-13-16(14-15)20(18)21-26(24,25)17-8-4-3-5-9-17;;;;/h1,3-6,8-9,15-16,18,20-21H,2,7,10-14H2,(H,22,23);;1H2;;/q;+2;;2*-1/b6-1-;;;;/t15-,16+,18+,20+;;;;/m1..../s1. The number of hydrogen-bond donors (Lipinski definition) is 2. The molecule has 2 saturated carbocycles. The van der Waals surface area contributed by atoms with Crippen LogP contribution < -0.4 is 4.72 Å². The molecule has 1 aromatic carbocycles. The predicted octanol–water partition coefficient (Wildman–Crippen LogP) is 2.60. The van der Waals surface area contributed by atoms with E-state index in [1.807, 2.05) is 12.1 Å². The van der Waals surface area contributed by atoms with Crippen molar-refractivity contribution in [1.82, 2.24) is 4.72 Å². The summed E-state index contributed by atoms with van der Waals surface area (Å²) in [5.74, 6) is 0.598. The minimum absolute atomic E-state index is 0. The van der Waals surface area contributed by atoms with E-state index in [0.29, 0.717) is 29.1 Å². The Bertz CT molecular complexity index is 764. The van der Waals surface area contributed by atoms with Gasteiger partial charge in [0.25, 0.3) is 0 Å². The van der Waals surface area contributed by atoms with Crippen LogP contribution in [-0.4, -0.2) is 68.7 Å². The maximum absolute atomic E-state index is 12.7. The summed E-state index contributed by atoms with van der Waals surface area (Å²) in [5, 5.41) is 8.66. The van der Waals surface area contributed by atoms with Gasteiger partial charge in [-0.05, 0) is 68.4 Å². The largest absolute Gasteiger partial charge is 2.00 e. The molecule has 4 atom stereocenters. The summed E-state index contributed by atoms with van der Waals surface area (Å²) in [4.78, 5) is 10.9. The number of hydrogen-bond acceptors (Lipinski definition) is 3. The zero-order chi connectivity index (χ0) is 18.6. The quantitative estimate of drug-likeness (QED) is 0.351. The number of benzene rings is 1. The Balaban J connectivity index is 0. The van der Waals surface area contributed by atoms with E-state index < -0.39 is 16.0 Å². The molecular weight excluding hydrogens is 406 g/mol. The van der Waals surface area contributed by atoms with E-state index in [1.54, 1.807) is 24.3 Å². The van der Waals surface area contributed by atoms with E-state index in [1.165, 1.54) is 6.42 Å². The molecule has 2 fully saturated rings. The van der Waals surface area contributed by atoms with Gasteiger partial charge in [0.05, 0.1) is 4.90 Å². The molecule has 1 aromatic rings. The second-order valence-corrected chi connectivity index (χ2v) is 9.16. The van der Waals surface area contributed by atoms with Gasteiger partial charge in [-0.2, -0.15) is 0 Å². The minimum Gasteiger partial charge on any atom is -1.00 e. The number of fused-ring (bicyclic) bond motifs is 2. The van der Waals surface area contributed by atoms with E-state index in [2.05, 4.69) is 10.8 Å². The molecule has 0 aliphatic heterocycles. The van der Waals surface area contributed by atoms with Gasteiger partial charge in [-0.25, -0.2) is 13.1 Å². The Morgan fingerprint density at radius 3 is 2.54 bits per heavy atom. The molecule has 0 amide bonds.